The Kier molecular flexibility index (Phi) is 4.04. The van der Waals surface area contributed by atoms with E-state index in [1.165, 1.54) is 20.1 Å². The van der Waals surface area contributed by atoms with Gasteiger partial charge in [-0.05, 0) is 31.5 Å². The molecule has 1 aliphatic rings. The Labute approximate surface area is 121 Å². The molecule has 0 aliphatic carbocycles. The molecule has 0 aromatic heterocycles. The largest absolute Gasteiger partial charge is 0.493 e. The first-order valence-corrected chi connectivity index (χ1v) is 6.45. The summed E-state index contributed by atoms with van der Waals surface area (Å²) in [5.74, 6) is -0.931. The number of fused-ring (bicyclic) bond motifs is 1. The summed E-state index contributed by atoms with van der Waals surface area (Å²) in [5.41, 5.74) is 0.788. The van der Waals surface area contributed by atoms with Crippen molar-refractivity contribution >= 4 is 17.6 Å². The zero-order valence-electron chi connectivity index (χ0n) is 12.0. The number of carbonyl (C=O) groups excluding carboxylic acids is 1. The summed E-state index contributed by atoms with van der Waals surface area (Å²) in [6, 6.07) is 2.06. The lowest BCUT2D eigenvalue weighted by Gasteiger charge is -2.36. The third-order valence-corrected chi connectivity index (χ3v) is 3.38. The van der Waals surface area contributed by atoms with Crippen LogP contribution in [0.1, 0.15) is 19.4 Å². The summed E-state index contributed by atoms with van der Waals surface area (Å²) in [6.45, 7) is 2.70. The molecule has 0 bridgehead atoms. The first kappa shape index (κ1) is 15.1. The van der Waals surface area contributed by atoms with E-state index in [0.29, 0.717) is 17.1 Å². The SMILES string of the molecule is COc1cc(CO)cc2c1OC(C)C(=O)N2C(C)C(=O)O. The molecule has 0 fully saturated rings. The van der Waals surface area contributed by atoms with Gasteiger partial charge in [0.1, 0.15) is 6.04 Å². The van der Waals surface area contributed by atoms with Gasteiger partial charge in [-0.25, -0.2) is 4.79 Å². The molecule has 7 nitrogen and oxygen atoms in total. The number of carbonyl (C=O) groups is 2. The molecule has 0 spiro atoms. The predicted octanol–water partition coefficient (Wildman–Crippen LogP) is 0.774. The quantitative estimate of drug-likeness (QED) is 0.852. The third kappa shape index (κ3) is 2.52. The second-order valence-corrected chi connectivity index (χ2v) is 4.79. The van der Waals surface area contributed by atoms with E-state index in [9.17, 15) is 19.8 Å². The van der Waals surface area contributed by atoms with Crippen molar-refractivity contribution in [3.63, 3.8) is 0 Å². The fourth-order valence-electron chi connectivity index (χ4n) is 2.23. The topological polar surface area (TPSA) is 96.3 Å². The average molecular weight is 295 g/mol. The number of anilines is 1. The molecule has 21 heavy (non-hydrogen) atoms. The van der Waals surface area contributed by atoms with E-state index in [4.69, 9.17) is 9.47 Å². The highest BCUT2D eigenvalue weighted by atomic mass is 16.5. The molecule has 1 aliphatic heterocycles. The Morgan fingerprint density at radius 3 is 2.71 bits per heavy atom. The normalized spacial score (nSPS) is 18.8. The molecular weight excluding hydrogens is 278 g/mol. The number of nitrogens with zero attached hydrogens (tertiary/aromatic N) is 1. The van der Waals surface area contributed by atoms with Gasteiger partial charge in [0.25, 0.3) is 5.91 Å². The monoisotopic (exact) mass is 295 g/mol. The number of amides is 1. The molecular formula is C14H17NO6. The van der Waals surface area contributed by atoms with Crippen LogP contribution < -0.4 is 14.4 Å². The molecule has 1 aromatic carbocycles. The summed E-state index contributed by atoms with van der Waals surface area (Å²) >= 11 is 0. The molecule has 0 radical (unpaired) electrons. The average Bonchev–Trinajstić information content (AvgIpc) is 2.47. The first-order valence-electron chi connectivity index (χ1n) is 6.45. The smallest absolute Gasteiger partial charge is 0.326 e. The van der Waals surface area contributed by atoms with Crippen molar-refractivity contribution in [1.29, 1.82) is 0 Å². The molecule has 1 aromatic rings. The van der Waals surface area contributed by atoms with Gasteiger partial charge in [0.05, 0.1) is 19.4 Å². The third-order valence-electron chi connectivity index (χ3n) is 3.38. The molecule has 2 unspecified atom stereocenters. The Morgan fingerprint density at radius 2 is 2.19 bits per heavy atom. The highest BCUT2D eigenvalue weighted by molar-refractivity contribution is 6.04. The summed E-state index contributed by atoms with van der Waals surface area (Å²) in [6.07, 6.45) is -0.812. The fourth-order valence-corrected chi connectivity index (χ4v) is 2.23. The van der Waals surface area contributed by atoms with Crippen molar-refractivity contribution in [3.8, 4) is 11.5 Å². The zero-order chi connectivity index (χ0) is 15.7. The minimum absolute atomic E-state index is 0.261. The van der Waals surface area contributed by atoms with Crippen molar-refractivity contribution < 1.29 is 29.3 Å². The molecule has 2 atom stereocenters. The molecule has 114 valence electrons. The lowest BCUT2D eigenvalue weighted by atomic mass is 10.1. The number of aliphatic carboxylic acids is 1. The van der Waals surface area contributed by atoms with Gasteiger partial charge in [-0.15, -0.1) is 0 Å². The van der Waals surface area contributed by atoms with Gasteiger partial charge in [-0.3, -0.25) is 9.69 Å². The standard InChI is InChI=1S/C14H17NO6/c1-7(14(18)19)15-10-4-9(6-16)5-11(20-3)12(10)21-8(2)13(15)17/h4-5,7-8,16H,6H2,1-3H3,(H,18,19). The molecule has 1 heterocycles. The minimum atomic E-state index is -1.13. The molecule has 2 rings (SSSR count). The molecule has 0 saturated carbocycles. The van der Waals surface area contributed by atoms with E-state index in [2.05, 4.69) is 0 Å². The minimum Gasteiger partial charge on any atom is -0.493 e. The van der Waals surface area contributed by atoms with Crippen LogP contribution in [0.4, 0.5) is 5.69 Å². The van der Waals surface area contributed by atoms with Gasteiger partial charge in [0.15, 0.2) is 17.6 Å². The number of methoxy groups -OCH3 is 1. The van der Waals surface area contributed by atoms with Crippen LogP contribution in [0, 0.1) is 0 Å². The number of aliphatic hydroxyl groups excluding tert-OH is 1. The van der Waals surface area contributed by atoms with Gasteiger partial charge in [-0.2, -0.15) is 0 Å². The Bertz CT molecular complexity index is 585. The Hall–Kier alpha value is -2.28. The highest BCUT2D eigenvalue weighted by Crippen LogP contribution is 2.43. The van der Waals surface area contributed by atoms with Crippen molar-refractivity contribution in [2.45, 2.75) is 32.6 Å². The summed E-state index contributed by atoms with van der Waals surface area (Å²) in [7, 11) is 1.44. The number of carboxylic acid groups (broad SMARTS) is 1. The summed E-state index contributed by atoms with van der Waals surface area (Å²) in [4.78, 5) is 24.7. The van der Waals surface area contributed by atoms with Crippen LogP contribution in [-0.2, 0) is 16.2 Å². The van der Waals surface area contributed by atoms with Crippen molar-refractivity contribution in [3.05, 3.63) is 17.7 Å². The van der Waals surface area contributed by atoms with Crippen LogP contribution in [0.25, 0.3) is 0 Å². The van der Waals surface area contributed by atoms with E-state index in [1.807, 2.05) is 0 Å². The molecule has 1 amide bonds. The maximum atomic E-state index is 12.3. The Morgan fingerprint density at radius 1 is 1.52 bits per heavy atom. The van der Waals surface area contributed by atoms with E-state index in [0.717, 1.165) is 4.90 Å². The fraction of sp³-hybridized carbons (Fsp3) is 0.429. The van der Waals surface area contributed by atoms with E-state index < -0.39 is 24.0 Å². The maximum absolute atomic E-state index is 12.3. The summed E-state index contributed by atoms with van der Waals surface area (Å²) < 4.78 is 10.7. The number of hydrogen-bond donors (Lipinski definition) is 2. The summed E-state index contributed by atoms with van der Waals surface area (Å²) in [5, 5.41) is 18.5. The van der Waals surface area contributed by atoms with E-state index in [1.54, 1.807) is 13.0 Å². The lowest BCUT2D eigenvalue weighted by molar-refractivity contribution is -0.140. The van der Waals surface area contributed by atoms with Gasteiger partial charge in [0.2, 0.25) is 0 Å². The number of benzene rings is 1. The number of ether oxygens (including phenoxy) is 2. The second-order valence-electron chi connectivity index (χ2n) is 4.79. The first-order chi connectivity index (χ1) is 9.90. The van der Waals surface area contributed by atoms with Crippen LogP contribution in [0.2, 0.25) is 0 Å². The number of hydrogen-bond acceptors (Lipinski definition) is 5. The van der Waals surface area contributed by atoms with E-state index in [-0.39, 0.29) is 12.3 Å². The van der Waals surface area contributed by atoms with Crippen molar-refractivity contribution in [2.75, 3.05) is 12.0 Å². The molecule has 7 heteroatoms. The maximum Gasteiger partial charge on any atom is 0.326 e. The Balaban J connectivity index is 2.64. The predicted molar refractivity (Wildman–Crippen MR) is 73.6 cm³/mol. The highest BCUT2D eigenvalue weighted by Gasteiger charge is 2.38. The van der Waals surface area contributed by atoms with Crippen molar-refractivity contribution in [2.24, 2.45) is 0 Å². The zero-order valence-corrected chi connectivity index (χ0v) is 12.0. The number of rotatable bonds is 4. The van der Waals surface area contributed by atoms with Gasteiger partial charge in [0, 0.05) is 0 Å². The van der Waals surface area contributed by atoms with Gasteiger partial charge < -0.3 is 19.7 Å². The van der Waals surface area contributed by atoms with Crippen LogP contribution in [0.3, 0.4) is 0 Å². The molecule has 0 saturated heterocycles. The van der Waals surface area contributed by atoms with Crippen molar-refractivity contribution in [1.82, 2.24) is 0 Å². The lowest BCUT2D eigenvalue weighted by Crippen LogP contribution is -2.51. The van der Waals surface area contributed by atoms with Crippen LogP contribution >= 0.6 is 0 Å². The molecule has 2 N–H and O–H groups in total. The number of carboxylic acids is 1. The van der Waals surface area contributed by atoms with Crippen LogP contribution in [0.5, 0.6) is 11.5 Å². The number of aliphatic hydroxyl groups is 1. The van der Waals surface area contributed by atoms with Crippen LogP contribution in [-0.4, -0.2) is 41.3 Å². The second kappa shape index (κ2) is 5.61. The van der Waals surface area contributed by atoms with Gasteiger partial charge >= 0.3 is 5.97 Å². The van der Waals surface area contributed by atoms with Crippen LogP contribution in [0.15, 0.2) is 12.1 Å². The van der Waals surface area contributed by atoms with Gasteiger partial charge in [-0.1, -0.05) is 0 Å². The van der Waals surface area contributed by atoms with E-state index >= 15 is 0 Å².